The van der Waals surface area contributed by atoms with E-state index >= 15 is 0 Å². The number of aromatic nitrogens is 4. The minimum atomic E-state index is 0.201. The summed E-state index contributed by atoms with van der Waals surface area (Å²) in [6, 6.07) is 11.5. The maximum atomic E-state index is 9.06. The van der Waals surface area contributed by atoms with Gasteiger partial charge in [-0.1, -0.05) is 23.7 Å². The second kappa shape index (κ2) is 6.95. The molecule has 0 saturated carbocycles. The highest BCUT2D eigenvalue weighted by molar-refractivity contribution is 6.33. The first-order valence-corrected chi connectivity index (χ1v) is 8.69. The summed E-state index contributed by atoms with van der Waals surface area (Å²) in [5.74, 6) is 1.53. The molecule has 7 nitrogen and oxygen atoms in total. The van der Waals surface area contributed by atoms with Gasteiger partial charge in [-0.15, -0.1) is 15.3 Å². The van der Waals surface area contributed by atoms with Gasteiger partial charge in [-0.25, -0.2) is 0 Å². The Hall–Kier alpha value is -2.22. The molecule has 4 rings (SSSR count). The number of halogens is 1. The number of nitrogens with zero attached hydrogens (tertiary/aromatic N) is 6. The van der Waals surface area contributed by atoms with Crippen molar-refractivity contribution in [1.82, 2.24) is 24.7 Å². The predicted octanol–water partition coefficient (Wildman–Crippen LogP) is 1.56. The fourth-order valence-electron chi connectivity index (χ4n) is 3.10. The third kappa shape index (κ3) is 3.18. The Morgan fingerprint density at radius 1 is 1.00 bits per heavy atom. The van der Waals surface area contributed by atoms with E-state index in [0.29, 0.717) is 16.5 Å². The van der Waals surface area contributed by atoms with Crippen molar-refractivity contribution >= 4 is 23.1 Å². The van der Waals surface area contributed by atoms with Crippen molar-refractivity contribution in [3.8, 4) is 11.4 Å². The molecule has 1 aliphatic rings. The number of β-amino-alcohol motifs (C(OH)–C–C–N with tert-alkyl or cyclic N) is 1. The summed E-state index contributed by atoms with van der Waals surface area (Å²) in [6.45, 7) is 4.51. The van der Waals surface area contributed by atoms with E-state index in [1.165, 1.54) is 0 Å². The Morgan fingerprint density at radius 3 is 2.56 bits per heavy atom. The van der Waals surface area contributed by atoms with Crippen molar-refractivity contribution < 1.29 is 5.11 Å². The number of piperazine rings is 1. The van der Waals surface area contributed by atoms with Gasteiger partial charge in [-0.05, 0) is 24.3 Å². The maximum Gasteiger partial charge on any atom is 0.186 e. The zero-order valence-electron chi connectivity index (χ0n) is 13.7. The summed E-state index contributed by atoms with van der Waals surface area (Å²) >= 11 is 6.31. The molecule has 1 N–H and O–H groups in total. The van der Waals surface area contributed by atoms with Crippen LogP contribution >= 0.6 is 11.6 Å². The van der Waals surface area contributed by atoms with E-state index < -0.39 is 0 Å². The zero-order valence-corrected chi connectivity index (χ0v) is 14.5. The Bertz CT molecular complexity index is 874. The quantitative estimate of drug-likeness (QED) is 0.763. The largest absolute Gasteiger partial charge is 0.395 e. The van der Waals surface area contributed by atoms with Crippen molar-refractivity contribution in [3.63, 3.8) is 0 Å². The highest BCUT2D eigenvalue weighted by Gasteiger charge is 2.19. The summed E-state index contributed by atoms with van der Waals surface area (Å²) in [7, 11) is 0. The lowest BCUT2D eigenvalue weighted by Gasteiger charge is -2.34. The van der Waals surface area contributed by atoms with Crippen LogP contribution < -0.4 is 4.90 Å². The van der Waals surface area contributed by atoms with Crippen LogP contribution in [0.3, 0.4) is 0 Å². The highest BCUT2D eigenvalue weighted by atomic mass is 35.5. The van der Waals surface area contributed by atoms with Gasteiger partial charge in [0.2, 0.25) is 0 Å². The van der Waals surface area contributed by atoms with E-state index in [1.807, 2.05) is 36.4 Å². The molecule has 1 aromatic carbocycles. The lowest BCUT2D eigenvalue weighted by molar-refractivity contribution is 0.188. The molecule has 3 aromatic rings. The molecule has 8 heteroatoms. The summed E-state index contributed by atoms with van der Waals surface area (Å²) in [5, 5.41) is 22.9. The van der Waals surface area contributed by atoms with Crippen LogP contribution in [-0.4, -0.2) is 69.1 Å². The maximum absolute atomic E-state index is 9.06. The topological polar surface area (TPSA) is 69.8 Å². The fraction of sp³-hybridized carbons (Fsp3) is 0.353. The van der Waals surface area contributed by atoms with Crippen molar-refractivity contribution in [2.24, 2.45) is 0 Å². The molecule has 0 bridgehead atoms. The molecule has 1 saturated heterocycles. The number of aliphatic hydroxyl groups excluding tert-OH is 1. The van der Waals surface area contributed by atoms with E-state index in [-0.39, 0.29) is 6.61 Å². The van der Waals surface area contributed by atoms with Gasteiger partial charge in [0.15, 0.2) is 11.5 Å². The molecule has 3 heterocycles. The molecule has 0 spiro atoms. The lowest BCUT2D eigenvalue weighted by atomic mass is 10.2. The molecule has 0 radical (unpaired) electrons. The van der Waals surface area contributed by atoms with Gasteiger partial charge in [0.1, 0.15) is 5.82 Å². The van der Waals surface area contributed by atoms with Gasteiger partial charge in [0.05, 0.1) is 11.6 Å². The first kappa shape index (κ1) is 16.3. The molecule has 0 unspecified atom stereocenters. The number of benzene rings is 1. The van der Waals surface area contributed by atoms with E-state index in [9.17, 15) is 0 Å². The number of rotatable bonds is 4. The van der Waals surface area contributed by atoms with Crippen molar-refractivity contribution in [2.45, 2.75) is 0 Å². The monoisotopic (exact) mass is 358 g/mol. The van der Waals surface area contributed by atoms with Crippen LogP contribution in [0, 0.1) is 0 Å². The smallest absolute Gasteiger partial charge is 0.186 e. The van der Waals surface area contributed by atoms with Gasteiger partial charge >= 0.3 is 0 Å². The number of anilines is 1. The van der Waals surface area contributed by atoms with E-state index in [1.54, 1.807) is 4.52 Å². The van der Waals surface area contributed by atoms with Crippen LogP contribution in [0.1, 0.15) is 0 Å². The van der Waals surface area contributed by atoms with Gasteiger partial charge in [0, 0.05) is 38.3 Å². The van der Waals surface area contributed by atoms with Crippen molar-refractivity contribution in [3.05, 3.63) is 41.4 Å². The summed E-state index contributed by atoms with van der Waals surface area (Å²) in [4.78, 5) is 4.49. The van der Waals surface area contributed by atoms with Crippen LogP contribution in [0.25, 0.3) is 17.0 Å². The molecular weight excluding hydrogens is 340 g/mol. The fourth-order valence-corrected chi connectivity index (χ4v) is 3.32. The van der Waals surface area contributed by atoms with E-state index in [2.05, 4.69) is 20.0 Å². The molecule has 0 aliphatic carbocycles. The summed E-state index contributed by atoms with van der Waals surface area (Å²) < 4.78 is 1.75. The molecule has 2 aromatic heterocycles. The molecule has 0 atom stereocenters. The second-order valence-corrected chi connectivity index (χ2v) is 6.42. The summed E-state index contributed by atoms with van der Waals surface area (Å²) in [5.41, 5.74) is 1.51. The third-order valence-electron chi connectivity index (χ3n) is 4.48. The first-order valence-electron chi connectivity index (χ1n) is 8.32. The minimum absolute atomic E-state index is 0.201. The molecule has 25 heavy (non-hydrogen) atoms. The Morgan fingerprint density at radius 2 is 1.80 bits per heavy atom. The van der Waals surface area contributed by atoms with Gasteiger partial charge in [-0.2, -0.15) is 4.52 Å². The number of hydrogen-bond acceptors (Lipinski definition) is 6. The third-order valence-corrected chi connectivity index (χ3v) is 4.81. The molecule has 1 aliphatic heterocycles. The number of fused-ring (bicyclic) bond motifs is 1. The Kier molecular flexibility index (Phi) is 4.52. The predicted molar refractivity (Wildman–Crippen MR) is 97.0 cm³/mol. The molecule has 1 fully saturated rings. The average molecular weight is 359 g/mol. The van der Waals surface area contributed by atoms with E-state index in [4.69, 9.17) is 21.8 Å². The SMILES string of the molecule is OCCN1CCN(c2ccc3nnc(-c4ccccc4Cl)n3n2)CC1. The van der Waals surface area contributed by atoms with Crippen molar-refractivity contribution in [2.75, 3.05) is 44.2 Å². The molecule has 130 valence electrons. The van der Waals surface area contributed by atoms with Crippen LogP contribution in [0.4, 0.5) is 5.82 Å². The standard InChI is InChI=1S/C17H19ClN6O/c18-14-4-2-1-3-13(14)17-20-19-15-5-6-16(21-24(15)17)23-9-7-22(8-10-23)11-12-25/h1-6,25H,7-12H2. The van der Waals surface area contributed by atoms with Gasteiger partial charge < -0.3 is 10.0 Å². The van der Waals surface area contributed by atoms with Gasteiger partial charge in [-0.3, -0.25) is 4.90 Å². The van der Waals surface area contributed by atoms with E-state index in [0.717, 1.165) is 44.1 Å². The highest BCUT2D eigenvalue weighted by Crippen LogP contribution is 2.26. The average Bonchev–Trinajstić information content (AvgIpc) is 3.06. The lowest BCUT2D eigenvalue weighted by Crippen LogP contribution is -2.47. The Balaban J connectivity index is 1.64. The van der Waals surface area contributed by atoms with Crippen LogP contribution in [-0.2, 0) is 0 Å². The molecule has 0 amide bonds. The van der Waals surface area contributed by atoms with Crippen LogP contribution in [0.2, 0.25) is 5.02 Å². The molecular formula is C17H19ClN6O. The Labute approximate surface area is 150 Å². The summed E-state index contributed by atoms with van der Waals surface area (Å²) in [6.07, 6.45) is 0. The zero-order chi connectivity index (χ0) is 17.2. The van der Waals surface area contributed by atoms with Gasteiger partial charge in [0.25, 0.3) is 0 Å². The van der Waals surface area contributed by atoms with Crippen LogP contribution in [0.15, 0.2) is 36.4 Å². The first-order chi connectivity index (χ1) is 12.3. The second-order valence-electron chi connectivity index (χ2n) is 6.02. The van der Waals surface area contributed by atoms with Crippen molar-refractivity contribution in [1.29, 1.82) is 0 Å². The number of hydrogen-bond donors (Lipinski definition) is 1. The van der Waals surface area contributed by atoms with Crippen LogP contribution in [0.5, 0.6) is 0 Å². The normalized spacial score (nSPS) is 15.8. The minimum Gasteiger partial charge on any atom is -0.395 e. The number of aliphatic hydroxyl groups is 1.